The topological polar surface area (TPSA) is 74.5 Å². The molecule has 0 radical (unpaired) electrons. The number of hydrogen-bond acceptors (Lipinski definition) is 4. The van der Waals surface area contributed by atoms with Crippen LogP contribution in [0.1, 0.15) is 5.82 Å². The highest BCUT2D eigenvalue weighted by molar-refractivity contribution is 5.76. The van der Waals surface area contributed by atoms with Gasteiger partial charge in [-0.05, 0) is 6.07 Å². The molecule has 3 aromatic heterocycles. The minimum atomic E-state index is 0.521. The molecule has 0 bridgehead atoms. The van der Waals surface area contributed by atoms with E-state index < -0.39 is 0 Å². The summed E-state index contributed by atoms with van der Waals surface area (Å²) in [6, 6.07) is 1.93. The Balaban J connectivity index is 1.91. The zero-order valence-electron chi connectivity index (χ0n) is 10.1. The molecule has 0 aliphatic heterocycles. The van der Waals surface area contributed by atoms with Crippen LogP contribution in [-0.2, 0) is 20.0 Å². The largest absolute Gasteiger partial charge is 0.369 e. The van der Waals surface area contributed by atoms with Crippen LogP contribution in [0.2, 0.25) is 0 Å². The van der Waals surface area contributed by atoms with Crippen molar-refractivity contribution in [3.8, 4) is 0 Å². The molecule has 2 N–H and O–H groups in total. The van der Waals surface area contributed by atoms with Crippen LogP contribution < -0.4 is 5.73 Å². The number of imidazole rings is 2. The molecule has 3 heterocycles. The van der Waals surface area contributed by atoms with Gasteiger partial charge in [0, 0.05) is 38.6 Å². The van der Waals surface area contributed by atoms with Gasteiger partial charge in [0.1, 0.15) is 11.3 Å². The SMILES string of the molecule is Cn1ccnc1CCn1c(N)nc2cnccc21. The van der Waals surface area contributed by atoms with Gasteiger partial charge in [-0.15, -0.1) is 0 Å². The lowest BCUT2D eigenvalue weighted by atomic mass is 10.3. The predicted molar refractivity (Wildman–Crippen MR) is 68.9 cm³/mol. The fourth-order valence-electron chi connectivity index (χ4n) is 2.08. The summed E-state index contributed by atoms with van der Waals surface area (Å²) in [5.41, 5.74) is 7.77. The van der Waals surface area contributed by atoms with Crippen molar-refractivity contribution in [2.24, 2.45) is 7.05 Å². The van der Waals surface area contributed by atoms with E-state index in [0.717, 1.165) is 29.8 Å². The number of aryl methyl sites for hydroxylation is 3. The van der Waals surface area contributed by atoms with Crippen molar-refractivity contribution in [2.45, 2.75) is 13.0 Å². The van der Waals surface area contributed by atoms with Gasteiger partial charge in [-0.2, -0.15) is 0 Å². The molecular weight excluding hydrogens is 228 g/mol. The second-order valence-electron chi connectivity index (χ2n) is 4.19. The van der Waals surface area contributed by atoms with Gasteiger partial charge in [-0.25, -0.2) is 9.97 Å². The van der Waals surface area contributed by atoms with Crippen LogP contribution in [0.25, 0.3) is 11.0 Å². The molecule has 18 heavy (non-hydrogen) atoms. The fraction of sp³-hybridized carbons (Fsp3) is 0.250. The third kappa shape index (κ3) is 1.71. The number of pyridine rings is 1. The molecule has 6 heteroatoms. The Kier molecular flexibility index (Phi) is 2.47. The van der Waals surface area contributed by atoms with Gasteiger partial charge in [-0.3, -0.25) is 4.98 Å². The first-order chi connectivity index (χ1) is 8.75. The first kappa shape index (κ1) is 10.8. The number of hydrogen-bond donors (Lipinski definition) is 1. The smallest absolute Gasteiger partial charge is 0.201 e. The van der Waals surface area contributed by atoms with Gasteiger partial charge in [-0.1, -0.05) is 0 Å². The van der Waals surface area contributed by atoms with E-state index in [0.29, 0.717) is 5.95 Å². The molecule has 0 fully saturated rings. The maximum absolute atomic E-state index is 5.93. The Bertz CT molecular complexity index is 681. The minimum Gasteiger partial charge on any atom is -0.369 e. The van der Waals surface area contributed by atoms with E-state index in [4.69, 9.17) is 5.73 Å². The maximum Gasteiger partial charge on any atom is 0.201 e. The summed E-state index contributed by atoms with van der Waals surface area (Å²) in [6.45, 7) is 0.761. The molecule has 0 saturated heterocycles. The molecule has 0 amide bonds. The molecular formula is C12H14N6. The fourth-order valence-corrected chi connectivity index (χ4v) is 2.08. The molecule has 0 aromatic carbocycles. The van der Waals surface area contributed by atoms with E-state index in [1.165, 1.54) is 0 Å². The van der Waals surface area contributed by atoms with E-state index in [2.05, 4.69) is 15.0 Å². The highest BCUT2D eigenvalue weighted by Gasteiger charge is 2.08. The van der Waals surface area contributed by atoms with E-state index in [1.54, 1.807) is 18.6 Å². The van der Waals surface area contributed by atoms with Gasteiger partial charge in [0.2, 0.25) is 5.95 Å². The summed E-state index contributed by atoms with van der Waals surface area (Å²) < 4.78 is 4.00. The summed E-state index contributed by atoms with van der Waals surface area (Å²) in [7, 11) is 1.99. The quantitative estimate of drug-likeness (QED) is 0.743. The maximum atomic E-state index is 5.93. The molecule has 92 valence electrons. The summed E-state index contributed by atoms with van der Waals surface area (Å²) in [4.78, 5) is 12.6. The lowest BCUT2D eigenvalue weighted by Gasteiger charge is -2.06. The molecule has 0 atom stereocenters. The molecule has 6 nitrogen and oxygen atoms in total. The summed E-state index contributed by atoms with van der Waals surface area (Å²) in [5, 5.41) is 0. The van der Waals surface area contributed by atoms with Crippen molar-refractivity contribution in [2.75, 3.05) is 5.73 Å². The van der Waals surface area contributed by atoms with E-state index in [-0.39, 0.29) is 0 Å². The molecule has 0 saturated carbocycles. The Hall–Kier alpha value is -2.37. The van der Waals surface area contributed by atoms with Crippen LogP contribution >= 0.6 is 0 Å². The van der Waals surface area contributed by atoms with Crippen molar-refractivity contribution in [3.05, 3.63) is 36.7 Å². The van der Waals surface area contributed by atoms with Crippen molar-refractivity contribution < 1.29 is 0 Å². The van der Waals surface area contributed by atoms with Crippen LogP contribution in [0, 0.1) is 0 Å². The van der Waals surface area contributed by atoms with Crippen LogP contribution in [0.5, 0.6) is 0 Å². The normalized spacial score (nSPS) is 11.2. The zero-order valence-corrected chi connectivity index (χ0v) is 10.1. The number of anilines is 1. The van der Waals surface area contributed by atoms with Crippen molar-refractivity contribution in [1.82, 2.24) is 24.1 Å². The summed E-state index contributed by atoms with van der Waals surface area (Å²) in [5.74, 6) is 1.55. The summed E-state index contributed by atoms with van der Waals surface area (Å²) in [6.07, 6.45) is 8.04. The van der Waals surface area contributed by atoms with Gasteiger partial charge < -0.3 is 14.9 Å². The molecule has 3 aromatic rings. The lowest BCUT2D eigenvalue weighted by Crippen LogP contribution is -2.08. The molecule has 0 unspecified atom stereocenters. The number of aromatic nitrogens is 5. The van der Waals surface area contributed by atoms with Crippen molar-refractivity contribution >= 4 is 17.0 Å². The molecule has 3 rings (SSSR count). The highest BCUT2D eigenvalue weighted by Crippen LogP contribution is 2.16. The first-order valence-corrected chi connectivity index (χ1v) is 5.77. The number of fused-ring (bicyclic) bond motifs is 1. The third-order valence-corrected chi connectivity index (χ3v) is 3.06. The van der Waals surface area contributed by atoms with Crippen molar-refractivity contribution in [3.63, 3.8) is 0 Å². The van der Waals surface area contributed by atoms with Gasteiger partial charge >= 0.3 is 0 Å². The summed E-state index contributed by atoms with van der Waals surface area (Å²) >= 11 is 0. The van der Waals surface area contributed by atoms with Gasteiger partial charge in [0.15, 0.2) is 0 Å². The van der Waals surface area contributed by atoms with E-state index >= 15 is 0 Å². The number of nitrogen functional groups attached to an aromatic ring is 1. The average molecular weight is 242 g/mol. The van der Waals surface area contributed by atoms with Crippen molar-refractivity contribution in [1.29, 1.82) is 0 Å². The van der Waals surface area contributed by atoms with Gasteiger partial charge in [0.05, 0.1) is 11.7 Å². The second kappa shape index (κ2) is 4.14. The zero-order chi connectivity index (χ0) is 12.5. The van der Waals surface area contributed by atoms with Crippen LogP contribution in [0.15, 0.2) is 30.9 Å². The van der Waals surface area contributed by atoms with Crippen LogP contribution in [-0.4, -0.2) is 24.1 Å². The van der Waals surface area contributed by atoms with E-state index in [1.807, 2.05) is 28.4 Å². The molecule has 0 aliphatic rings. The Labute approximate surface area is 104 Å². The monoisotopic (exact) mass is 242 g/mol. The first-order valence-electron chi connectivity index (χ1n) is 5.77. The Morgan fingerprint density at radius 1 is 1.33 bits per heavy atom. The van der Waals surface area contributed by atoms with Crippen LogP contribution in [0.4, 0.5) is 5.95 Å². The highest BCUT2D eigenvalue weighted by atomic mass is 15.2. The molecule has 0 spiro atoms. The third-order valence-electron chi connectivity index (χ3n) is 3.06. The number of nitrogens with two attached hydrogens (primary N) is 1. The predicted octanol–water partition coefficient (Wildman–Crippen LogP) is 0.990. The average Bonchev–Trinajstić information content (AvgIpc) is 2.90. The number of rotatable bonds is 3. The molecule has 0 aliphatic carbocycles. The Morgan fingerprint density at radius 2 is 2.22 bits per heavy atom. The lowest BCUT2D eigenvalue weighted by molar-refractivity contribution is 0.670. The number of nitrogens with zero attached hydrogens (tertiary/aromatic N) is 5. The second-order valence-corrected chi connectivity index (χ2v) is 4.19. The minimum absolute atomic E-state index is 0.521. The van der Waals surface area contributed by atoms with Gasteiger partial charge in [0.25, 0.3) is 0 Å². The van der Waals surface area contributed by atoms with Crippen LogP contribution in [0.3, 0.4) is 0 Å². The Morgan fingerprint density at radius 3 is 3.00 bits per heavy atom. The van der Waals surface area contributed by atoms with E-state index in [9.17, 15) is 0 Å². The standard InChI is InChI=1S/C12H14N6/c1-17-7-5-15-11(17)3-6-18-10-2-4-14-8-9(10)16-12(18)13/h2,4-5,7-8H,3,6H2,1H3,(H2,13,16).